The number of carbonyl (C=O) groups excluding carboxylic acids is 3. The summed E-state index contributed by atoms with van der Waals surface area (Å²) in [6.07, 6.45) is 1.21. The summed E-state index contributed by atoms with van der Waals surface area (Å²) in [7, 11) is 1.73. The lowest BCUT2D eigenvalue weighted by Crippen LogP contribution is -2.47. The molecule has 0 saturated carbocycles. The summed E-state index contributed by atoms with van der Waals surface area (Å²) < 4.78 is 0. The number of thiazole rings is 1. The Bertz CT molecular complexity index is 1290. The standard InChI is InChI=1S/C33H43N3O4S/c1-22(2)14-15-29(38)32(24(4)37)34-19-26(16-25-10-7-6-8-11-25)17-30(39)27-12-9-13-28(18-27)33(40)36(5)20-31-35-23(3)21-41-31/h6-13,18,21-22,24,26,32,34,37H,14-17,19-20H2,1-5H3/t24-,26+,32-/m0/s1. The third-order valence-electron chi connectivity index (χ3n) is 7.08. The molecule has 0 saturated heterocycles. The van der Waals surface area contributed by atoms with Crippen LogP contribution in [0.15, 0.2) is 60.0 Å². The smallest absolute Gasteiger partial charge is 0.253 e. The van der Waals surface area contributed by atoms with Gasteiger partial charge in [0.1, 0.15) is 5.01 Å². The van der Waals surface area contributed by atoms with Crippen LogP contribution in [0.3, 0.4) is 0 Å². The first-order chi connectivity index (χ1) is 19.5. The zero-order valence-corrected chi connectivity index (χ0v) is 25.6. The molecule has 0 bridgehead atoms. The summed E-state index contributed by atoms with van der Waals surface area (Å²) in [5, 5.41) is 16.4. The van der Waals surface area contributed by atoms with E-state index in [0.717, 1.165) is 22.7 Å². The number of carbonyl (C=O) groups is 3. The molecular weight excluding hydrogens is 534 g/mol. The highest BCUT2D eigenvalue weighted by Gasteiger charge is 2.25. The van der Waals surface area contributed by atoms with E-state index in [0.29, 0.717) is 43.0 Å². The number of benzene rings is 2. The van der Waals surface area contributed by atoms with E-state index in [1.54, 1.807) is 43.1 Å². The van der Waals surface area contributed by atoms with Crippen LogP contribution in [0.1, 0.15) is 77.0 Å². The van der Waals surface area contributed by atoms with E-state index in [1.807, 2.05) is 42.6 Å². The monoisotopic (exact) mass is 577 g/mol. The van der Waals surface area contributed by atoms with Gasteiger partial charge in [-0.3, -0.25) is 14.4 Å². The fourth-order valence-electron chi connectivity index (χ4n) is 4.77. The Morgan fingerprint density at radius 3 is 2.37 bits per heavy atom. The van der Waals surface area contributed by atoms with Gasteiger partial charge in [-0.15, -0.1) is 11.3 Å². The zero-order chi connectivity index (χ0) is 29.9. The minimum Gasteiger partial charge on any atom is -0.391 e. The molecule has 1 heterocycles. The second kappa shape index (κ2) is 15.7. The molecular formula is C33H43N3O4S. The topological polar surface area (TPSA) is 99.6 Å². The van der Waals surface area contributed by atoms with Crippen LogP contribution >= 0.6 is 11.3 Å². The van der Waals surface area contributed by atoms with Crippen LogP contribution in [0, 0.1) is 18.8 Å². The van der Waals surface area contributed by atoms with E-state index in [1.165, 1.54) is 11.3 Å². The van der Waals surface area contributed by atoms with Crippen molar-refractivity contribution in [1.82, 2.24) is 15.2 Å². The van der Waals surface area contributed by atoms with Crippen molar-refractivity contribution in [3.63, 3.8) is 0 Å². The molecule has 2 N–H and O–H groups in total. The number of nitrogens with zero attached hydrogens (tertiary/aromatic N) is 2. The van der Waals surface area contributed by atoms with Gasteiger partial charge in [0, 0.05) is 42.1 Å². The second-order valence-electron chi connectivity index (χ2n) is 11.3. The molecule has 41 heavy (non-hydrogen) atoms. The van der Waals surface area contributed by atoms with Crippen molar-refractivity contribution in [3.8, 4) is 0 Å². The number of rotatable bonds is 16. The molecule has 0 aliphatic rings. The molecule has 8 heteroatoms. The maximum Gasteiger partial charge on any atom is 0.253 e. The van der Waals surface area contributed by atoms with Crippen LogP contribution in [-0.4, -0.2) is 58.2 Å². The Balaban J connectivity index is 1.71. The molecule has 3 aromatic rings. The molecule has 0 aliphatic heterocycles. The molecule has 0 spiro atoms. The lowest BCUT2D eigenvalue weighted by molar-refractivity contribution is -0.123. The molecule has 0 aliphatic carbocycles. The Morgan fingerprint density at radius 1 is 1.02 bits per heavy atom. The maximum atomic E-state index is 13.5. The summed E-state index contributed by atoms with van der Waals surface area (Å²) in [6, 6.07) is 16.1. The SMILES string of the molecule is Cc1csc(CN(C)C(=O)c2cccc(C(=O)C[C@H](CN[C@H](C(=O)CCC(C)C)[C@H](C)O)Cc3ccccc3)c2)n1. The second-order valence-corrected chi connectivity index (χ2v) is 12.3. The molecule has 0 radical (unpaired) electrons. The van der Waals surface area contributed by atoms with Crippen molar-refractivity contribution in [2.45, 2.75) is 72.1 Å². The first kappa shape index (κ1) is 32.3. The first-order valence-corrected chi connectivity index (χ1v) is 15.2. The Labute approximate surface area is 248 Å². The van der Waals surface area contributed by atoms with E-state index in [2.05, 4.69) is 24.1 Å². The number of aliphatic hydroxyl groups is 1. The number of ketones is 2. The number of aryl methyl sites for hydroxylation is 1. The lowest BCUT2D eigenvalue weighted by Gasteiger charge is -2.24. The van der Waals surface area contributed by atoms with Gasteiger partial charge in [0.05, 0.1) is 18.7 Å². The highest BCUT2D eigenvalue weighted by atomic mass is 32.1. The minimum atomic E-state index is -0.837. The van der Waals surface area contributed by atoms with Crippen molar-refractivity contribution in [2.75, 3.05) is 13.6 Å². The first-order valence-electron chi connectivity index (χ1n) is 14.3. The van der Waals surface area contributed by atoms with Crippen molar-refractivity contribution in [2.24, 2.45) is 11.8 Å². The van der Waals surface area contributed by atoms with E-state index in [9.17, 15) is 19.5 Å². The average molecular weight is 578 g/mol. The summed E-state index contributed by atoms with van der Waals surface area (Å²) in [6.45, 7) is 8.49. The zero-order valence-electron chi connectivity index (χ0n) is 24.8. The van der Waals surface area contributed by atoms with E-state index >= 15 is 0 Å². The average Bonchev–Trinajstić information content (AvgIpc) is 3.35. The molecule has 7 nitrogen and oxygen atoms in total. The van der Waals surface area contributed by atoms with Crippen molar-refractivity contribution >= 4 is 28.8 Å². The Morgan fingerprint density at radius 2 is 1.73 bits per heavy atom. The summed E-state index contributed by atoms with van der Waals surface area (Å²) in [5.41, 5.74) is 2.95. The summed E-state index contributed by atoms with van der Waals surface area (Å²) >= 11 is 1.52. The minimum absolute atomic E-state index is 0.0123. The largest absolute Gasteiger partial charge is 0.391 e. The van der Waals surface area contributed by atoms with Crippen LogP contribution in [0.2, 0.25) is 0 Å². The van der Waals surface area contributed by atoms with Crippen molar-refractivity contribution in [3.05, 3.63) is 87.4 Å². The predicted molar refractivity (Wildman–Crippen MR) is 164 cm³/mol. The number of nitrogens with one attached hydrogen (secondary N) is 1. The van der Waals surface area contributed by atoms with Gasteiger partial charge in [-0.2, -0.15) is 0 Å². The van der Waals surface area contributed by atoms with Crippen LogP contribution in [0.4, 0.5) is 0 Å². The molecule has 220 valence electrons. The molecule has 1 aromatic heterocycles. The van der Waals surface area contributed by atoms with Gasteiger partial charge in [-0.05, 0) is 62.8 Å². The number of hydrogen-bond acceptors (Lipinski definition) is 7. The van der Waals surface area contributed by atoms with Gasteiger partial charge in [-0.25, -0.2) is 4.98 Å². The Kier molecular flexibility index (Phi) is 12.4. The normalized spacial score (nSPS) is 13.5. The van der Waals surface area contributed by atoms with Crippen molar-refractivity contribution in [1.29, 1.82) is 0 Å². The molecule has 1 amide bonds. The number of aromatic nitrogens is 1. The number of amides is 1. The van der Waals surface area contributed by atoms with E-state index < -0.39 is 12.1 Å². The van der Waals surface area contributed by atoms with Gasteiger partial charge in [0.15, 0.2) is 11.6 Å². The van der Waals surface area contributed by atoms with Gasteiger partial charge in [0.2, 0.25) is 0 Å². The molecule has 3 atom stereocenters. The highest BCUT2D eigenvalue weighted by molar-refractivity contribution is 7.09. The summed E-state index contributed by atoms with van der Waals surface area (Å²) in [4.78, 5) is 45.5. The third-order valence-corrected chi connectivity index (χ3v) is 8.03. The van der Waals surface area contributed by atoms with Crippen LogP contribution in [-0.2, 0) is 17.8 Å². The Hall–Kier alpha value is -3.20. The fourth-order valence-corrected chi connectivity index (χ4v) is 5.60. The van der Waals surface area contributed by atoms with Gasteiger partial charge in [0.25, 0.3) is 5.91 Å². The van der Waals surface area contributed by atoms with Gasteiger partial charge < -0.3 is 15.3 Å². The fraction of sp³-hybridized carbons (Fsp3) is 0.455. The third kappa shape index (κ3) is 10.3. The van der Waals surface area contributed by atoms with E-state index in [-0.39, 0.29) is 29.8 Å². The number of aliphatic hydroxyl groups excluding tert-OH is 1. The van der Waals surface area contributed by atoms with Gasteiger partial charge >= 0.3 is 0 Å². The van der Waals surface area contributed by atoms with E-state index in [4.69, 9.17) is 0 Å². The number of hydrogen-bond donors (Lipinski definition) is 2. The molecule has 3 rings (SSSR count). The maximum absolute atomic E-state index is 13.5. The quantitative estimate of drug-likeness (QED) is 0.218. The van der Waals surface area contributed by atoms with Crippen molar-refractivity contribution < 1.29 is 19.5 Å². The highest BCUT2D eigenvalue weighted by Crippen LogP contribution is 2.19. The van der Waals surface area contributed by atoms with Crippen LogP contribution in [0.5, 0.6) is 0 Å². The molecule has 0 unspecified atom stereocenters. The van der Waals surface area contributed by atoms with Crippen LogP contribution < -0.4 is 5.32 Å². The summed E-state index contributed by atoms with van der Waals surface area (Å²) in [5.74, 6) is 0.0343. The molecule has 0 fully saturated rings. The predicted octanol–water partition coefficient (Wildman–Crippen LogP) is 5.50. The molecule has 2 aromatic carbocycles. The van der Waals surface area contributed by atoms with Gasteiger partial charge in [-0.1, -0.05) is 56.3 Å². The lowest BCUT2D eigenvalue weighted by atomic mass is 9.90. The number of Topliss-reactive ketones (excluding diaryl/α,β-unsaturated/α-hetero) is 2. The van der Waals surface area contributed by atoms with Crippen LogP contribution in [0.25, 0.3) is 0 Å².